The first kappa shape index (κ1) is 18.0. The number of H-pyrrole nitrogens is 1. The van der Waals surface area contributed by atoms with Gasteiger partial charge in [-0.15, -0.1) is 0 Å². The van der Waals surface area contributed by atoms with Gasteiger partial charge >= 0.3 is 0 Å². The lowest BCUT2D eigenvalue weighted by atomic mass is 10.1. The van der Waals surface area contributed by atoms with Gasteiger partial charge in [-0.05, 0) is 36.1 Å². The smallest absolute Gasteiger partial charge is 0.191 e. The molecule has 5 nitrogen and oxygen atoms in total. The number of aliphatic hydroxyl groups excluding tert-OH is 1. The van der Waals surface area contributed by atoms with E-state index >= 15 is 0 Å². The van der Waals surface area contributed by atoms with E-state index in [9.17, 15) is 5.11 Å². The van der Waals surface area contributed by atoms with E-state index < -0.39 is 0 Å². The molecule has 0 saturated heterocycles. The van der Waals surface area contributed by atoms with Crippen LogP contribution in [0, 0.1) is 0 Å². The van der Waals surface area contributed by atoms with Crippen LogP contribution in [0.3, 0.4) is 0 Å². The third-order valence-corrected chi connectivity index (χ3v) is 4.40. The van der Waals surface area contributed by atoms with Gasteiger partial charge in [0.1, 0.15) is 0 Å². The van der Waals surface area contributed by atoms with Gasteiger partial charge in [0.15, 0.2) is 5.96 Å². The molecule has 26 heavy (non-hydrogen) atoms. The highest BCUT2D eigenvalue weighted by atomic mass is 16.3. The molecule has 0 radical (unpaired) electrons. The fraction of sp³-hybridized carbons (Fsp3) is 0.286. The number of hydrogen-bond donors (Lipinski definition) is 4. The summed E-state index contributed by atoms with van der Waals surface area (Å²) in [5, 5.41) is 17.4. The molecule has 0 spiro atoms. The van der Waals surface area contributed by atoms with Crippen LogP contribution in [-0.2, 0) is 19.6 Å². The van der Waals surface area contributed by atoms with Crippen molar-refractivity contribution in [2.45, 2.75) is 26.5 Å². The molecule has 0 saturated carbocycles. The fourth-order valence-electron chi connectivity index (χ4n) is 3.03. The van der Waals surface area contributed by atoms with Crippen LogP contribution >= 0.6 is 0 Å². The lowest BCUT2D eigenvalue weighted by Crippen LogP contribution is -2.38. The van der Waals surface area contributed by atoms with E-state index in [4.69, 9.17) is 0 Å². The molecular weight excluding hydrogens is 324 g/mol. The van der Waals surface area contributed by atoms with Crippen LogP contribution in [0.1, 0.15) is 23.6 Å². The summed E-state index contributed by atoms with van der Waals surface area (Å²) in [5.74, 6) is 0.792. The van der Waals surface area contributed by atoms with E-state index in [1.807, 2.05) is 30.3 Å². The van der Waals surface area contributed by atoms with Crippen molar-refractivity contribution < 1.29 is 5.11 Å². The third kappa shape index (κ3) is 4.43. The van der Waals surface area contributed by atoms with Crippen molar-refractivity contribution in [2.75, 3.05) is 13.1 Å². The normalized spacial score (nSPS) is 11.7. The summed E-state index contributed by atoms with van der Waals surface area (Å²) in [5.41, 5.74) is 4.44. The Balaban J connectivity index is 1.61. The number of aromatic nitrogens is 1. The van der Waals surface area contributed by atoms with Crippen molar-refractivity contribution in [1.82, 2.24) is 15.6 Å². The Morgan fingerprint density at radius 2 is 1.77 bits per heavy atom. The highest BCUT2D eigenvalue weighted by Crippen LogP contribution is 2.17. The molecule has 0 aliphatic rings. The van der Waals surface area contributed by atoms with Gasteiger partial charge in [-0.25, -0.2) is 4.99 Å². The van der Waals surface area contributed by atoms with Gasteiger partial charge in [-0.2, -0.15) is 0 Å². The van der Waals surface area contributed by atoms with Crippen LogP contribution in [0.2, 0.25) is 0 Å². The fourth-order valence-corrected chi connectivity index (χ4v) is 3.03. The van der Waals surface area contributed by atoms with E-state index in [0.717, 1.165) is 36.6 Å². The SMILES string of the molecule is CCNC(=NCc1ccccc1CO)NCCc1c[nH]c2ccccc12. The number of aromatic amines is 1. The molecule has 3 aromatic rings. The summed E-state index contributed by atoms with van der Waals surface area (Å²) in [4.78, 5) is 7.96. The maximum absolute atomic E-state index is 9.44. The lowest BCUT2D eigenvalue weighted by molar-refractivity contribution is 0.280. The summed E-state index contributed by atoms with van der Waals surface area (Å²) in [6.07, 6.45) is 3.00. The molecular formula is C21H26N4O. The van der Waals surface area contributed by atoms with Crippen molar-refractivity contribution in [1.29, 1.82) is 0 Å². The van der Waals surface area contributed by atoms with Crippen molar-refractivity contribution in [3.05, 3.63) is 71.4 Å². The van der Waals surface area contributed by atoms with Crippen LogP contribution in [0.15, 0.2) is 59.7 Å². The maximum Gasteiger partial charge on any atom is 0.191 e. The minimum Gasteiger partial charge on any atom is -0.392 e. The number of rotatable bonds is 7. The van der Waals surface area contributed by atoms with Crippen molar-refractivity contribution in [2.24, 2.45) is 4.99 Å². The number of guanidine groups is 1. The Kier molecular flexibility index (Phi) is 6.28. The number of benzene rings is 2. The Bertz CT molecular complexity index is 869. The molecule has 2 aromatic carbocycles. The first-order chi connectivity index (χ1) is 12.8. The predicted octanol–water partition coefficient (Wildman–Crippen LogP) is 2.96. The molecule has 0 unspecified atom stereocenters. The maximum atomic E-state index is 9.44. The second kappa shape index (κ2) is 9.06. The summed E-state index contributed by atoms with van der Waals surface area (Å²) in [6, 6.07) is 16.2. The van der Waals surface area contributed by atoms with E-state index in [1.165, 1.54) is 16.5 Å². The second-order valence-electron chi connectivity index (χ2n) is 6.16. The quantitative estimate of drug-likeness (QED) is 0.391. The van der Waals surface area contributed by atoms with Gasteiger partial charge in [-0.1, -0.05) is 42.5 Å². The average Bonchev–Trinajstić information content (AvgIpc) is 3.09. The van der Waals surface area contributed by atoms with Crippen LogP contribution in [0.25, 0.3) is 10.9 Å². The molecule has 0 fully saturated rings. The molecule has 3 rings (SSSR count). The molecule has 5 heteroatoms. The Morgan fingerprint density at radius 1 is 1.00 bits per heavy atom. The number of hydrogen-bond acceptors (Lipinski definition) is 2. The molecule has 0 amide bonds. The largest absolute Gasteiger partial charge is 0.392 e. The number of aliphatic imine (C=N–C) groups is 1. The third-order valence-electron chi connectivity index (χ3n) is 4.40. The van der Waals surface area contributed by atoms with Gasteiger partial charge in [-0.3, -0.25) is 0 Å². The topological polar surface area (TPSA) is 72.4 Å². The minimum atomic E-state index is 0.0379. The predicted molar refractivity (Wildman–Crippen MR) is 107 cm³/mol. The number of para-hydroxylation sites is 1. The summed E-state index contributed by atoms with van der Waals surface area (Å²) in [7, 11) is 0. The minimum absolute atomic E-state index is 0.0379. The monoisotopic (exact) mass is 350 g/mol. The first-order valence-corrected chi connectivity index (χ1v) is 9.06. The highest BCUT2D eigenvalue weighted by molar-refractivity contribution is 5.83. The summed E-state index contributed by atoms with van der Waals surface area (Å²) < 4.78 is 0. The van der Waals surface area contributed by atoms with E-state index in [2.05, 4.69) is 51.9 Å². The molecule has 1 heterocycles. The molecule has 0 bridgehead atoms. The zero-order valence-electron chi connectivity index (χ0n) is 15.1. The van der Waals surface area contributed by atoms with E-state index in [-0.39, 0.29) is 6.61 Å². The second-order valence-corrected chi connectivity index (χ2v) is 6.16. The van der Waals surface area contributed by atoms with Gasteiger partial charge in [0.25, 0.3) is 0 Å². The van der Waals surface area contributed by atoms with Crippen molar-refractivity contribution in [3.8, 4) is 0 Å². The molecule has 0 aliphatic carbocycles. The number of fused-ring (bicyclic) bond motifs is 1. The number of nitrogens with one attached hydrogen (secondary N) is 3. The summed E-state index contributed by atoms with van der Waals surface area (Å²) in [6.45, 7) is 4.24. The Hall–Kier alpha value is -2.79. The Labute approximate surface area is 154 Å². The van der Waals surface area contributed by atoms with Crippen LogP contribution in [0.5, 0.6) is 0 Å². The van der Waals surface area contributed by atoms with Gasteiger partial charge in [0, 0.05) is 30.2 Å². The van der Waals surface area contributed by atoms with Crippen molar-refractivity contribution in [3.63, 3.8) is 0 Å². The van der Waals surface area contributed by atoms with Crippen molar-refractivity contribution >= 4 is 16.9 Å². The van der Waals surface area contributed by atoms with Gasteiger partial charge in [0.05, 0.1) is 13.2 Å². The van der Waals surface area contributed by atoms with Crippen LogP contribution < -0.4 is 10.6 Å². The molecule has 1 aromatic heterocycles. The lowest BCUT2D eigenvalue weighted by Gasteiger charge is -2.12. The molecule has 0 atom stereocenters. The standard InChI is InChI=1S/C21H26N4O/c1-2-22-21(25-13-16-7-3-4-8-18(16)15-26)23-12-11-17-14-24-20-10-6-5-9-19(17)20/h3-10,14,24,26H,2,11-13,15H2,1H3,(H2,22,23,25). The average molecular weight is 350 g/mol. The Morgan fingerprint density at radius 3 is 2.58 bits per heavy atom. The van der Waals surface area contributed by atoms with Gasteiger partial charge < -0.3 is 20.7 Å². The molecule has 136 valence electrons. The van der Waals surface area contributed by atoms with Gasteiger partial charge in [0.2, 0.25) is 0 Å². The van der Waals surface area contributed by atoms with E-state index in [0.29, 0.717) is 6.54 Å². The molecule has 0 aliphatic heterocycles. The van der Waals surface area contributed by atoms with Crippen LogP contribution in [0.4, 0.5) is 0 Å². The first-order valence-electron chi connectivity index (χ1n) is 9.06. The number of nitrogens with zero attached hydrogens (tertiary/aromatic N) is 1. The zero-order chi connectivity index (χ0) is 18.2. The zero-order valence-corrected chi connectivity index (χ0v) is 15.1. The molecule has 4 N–H and O–H groups in total. The van der Waals surface area contributed by atoms with E-state index in [1.54, 1.807) is 0 Å². The van der Waals surface area contributed by atoms with Crippen LogP contribution in [-0.4, -0.2) is 29.1 Å². The number of aliphatic hydroxyl groups is 1. The highest BCUT2D eigenvalue weighted by Gasteiger charge is 2.04. The summed E-state index contributed by atoms with van der Waals surface area (Å²) >= 11 is 0.